The molecule has 0 saturated carbocycles. The summed E-state index contributed by atoms with van der Waals surface area (Å²) >= 11 is 0. The maximum absolute atomic E-state index is 12.9. The third kappa shape index (κ3) is 68.0. The molecule has 1 atom stereocenters. The average Bonchev–Trinajstić information content (AvgIpc) is 3.48. The van der Waals surface area contributed by atoms with E-state index in [2.05, 4.69) is 161 Å². The van der Waals surface area contributed by atoms with Gasteiger partial charge in [0, 0.05) is 19.3 Å². The van der Waals surface area contributed by atoms with Crippen LogP contribution in [0.1, 0.15) is 303 Å². The highest BCUT2D eigenvalue weighted by Crippen LogP contribution is 2.16. The second-order valence-electron chi connectivity index (χ2n) is 22.3. The van der Waals surface area contributed by atoms with Crippen molar-refractivity contribution in [3.63, 3.8) is 0 Å². The van der Waals surface area contributed by atoms with Crippen LogP contribution in [0.25, 0.3) is 0 Å². The Morgan fingerprint density at radius 1 is 0.253 bits per heavy atom. The summed E-state index contributed by atoms with van der Waals surface area (Å²) in [6.07, 6.45) is 100. The Kier molecular flexibility index (Phi) is 65.8. The molecule has 0 amide bonds. The van der Waals surface area contributed by atoms with E-state index < -0.39 is 12.1 Å². The van der Waals surface area contributed by atoms with E-state index in [4.69, 9.17) is 14.2 Å². The number of unbranched alkanes of at least 4 members (excludes halogenated alkanes) is 26. The first-order valence-corrected chi connectivity index (χ1v) is 34.3. The first kappa shape index (κ1) is 78.3. The average molecular weight is 1150 g/mol. The van der Waals surface area contributed by atoms with Crippen molar-refractivity contribution in [1.82, 2.24) is 0 Å². The van der Waals surface area contributed by atoms with Crippen molar-refractivity contribution in [1.29, 1.82) is 0 Å². The zero-order valence-corrected chi connectivity index (χ0v) is 53.9. The lowest BCUT2D eigenvalue weighted by Gasteiger charge is -2.18. The molecule has 0 heterocycles. The van der Waals surface area contributed by atoms with Crippen LogP contribution in [0.2, 0.25) is 0 Å². The van der Waals surface area contributed by atoms with Gasteiger partial charge in [0.15, 0.2) is 6.10 Å². The highest BCUT2D eigenvalue weighted by Gasteiger charge is 2.19. The smallest absolute Gasteiger partial charge is 0.306 e. The topological polar surface area (TPSA) is 78.9 Å². The van der Waals surface area contributed by atoms with Crippen molar-refractivity contribution in [2.75, 3.05) is 13.2 Å². The van der Waals surface area contributed by atoms with Crippen molar-refractivity contribution in [2.24, 2.45) is 0 Å². The number of hydrogen-bond acceptors (Lipinski definition) is 6. The summed E-state index contributed by atoms with van der Waals surface area (Å²) in [4.78, 5) is 38.3. The monoisotopic (exact) mass is 1150 g/mol. The van der Waals surface area contributed by atoms with Crippen LogP contribution in [-0.4, -0.2) is 37.2 Å². The van der Waals surface area contributed by atoms with Gasteiger partial charge in [0.1, 0.15) is 13.2 Å². The summed E-state index contributed by atoms with van der Waals surface area (Å²) in [7, 11) is 0. The van der Waals surface area contributed by atoms with Gasteiger partial charge in [-0.05, 0) is 109 Å². The zero-order chi connectivity index (χ0) is 59.9. The van der Waals surface area contributed by atoms with E-state index >= 15 is 0 Å². The van der Waals surface area contributed by atoms with Crippen LogP contribution in [0.5, 0.6) is 0 Å². The zero-order valence-electron chi connectivity index (χ0n) is 53.9. The van der Waals surface area contributed by atoms with Crippen molar-refractivity contribution in [2.45, 2.75) is 309 Å². The summed E-state index contributed by atoms with van der Waals surface area (Å²) < 4.78 is 16.8. The SMILES string of the molecule is CC/C=C\C/C=C\C/C=C\C/C=C\C/C=C\C/C=C\CCCCCCCCCCCCCCCCCCC(=O)OCC(COC(=O)CCCCCCCCCCCCC)OC(=O)CC/C=C\C/C=C\C/C=C\C/C=C\C/C=C\C/C=C\CC. The molecule has 6 nitrogen and oxygen atoms in total. The Balaban J connectivity index is 4.22. The minimum absolute atomic E-state index is 0.108. The van der Waals surface area contributed by atoms with Gasteiger partial charge in [-0.2, -0.15) is 0 Å². The van der Waals surface area contributed by atoms with E-state index in [0.29, 0.717) is 19.3 Å². The van der Waals surface area contributed by atoms with Crippen LogP contribution >= 0.6 is 0 Å². The maximum atomic E-state index is 12.9. The molecule has 0 aliphatic carbocycles. The predicted octanol–water partition coefficient (Wildman–Crippen LogP) is 23.9. The molecule has 0 radical (unpaired) electrons. The minimum Gasteiger partial charge on any atom is -0.462 e. The number of esters is 3. The first-order chi connectivity index (χ1) is 41.0. The number of allylic oxidation sites excluding steroid dienone is 24. The number of carbonyl (C=O) groups excluding carboxylic acids is 3. The molecule has 470 valence electrons. The molecule has 0 aromatic carbocycles. The van der Waals surface area contributed by atoms with Gasteiger partial charge >= 0.3 is 17.9 Å². The Morgan fingerprint density at radius 2 is 0.494 bits per heavy atom. The van der Waals surface area contributed by atoms with Crippen LogP contribution in [0.3, 0.4) is 0 Å². The molecule has 0 N–H and O–H groups in total. The van der Waals surface area contributed by atoms with E-state index in [1.807, 2.05) is 6.08 Å². The minimum atomic E-state index is -0.821. The largest absolute Gasteiger partial charge is 0.462 e. The lowest BCUT2D eigenvalue weighted by Crippen LogP contribution is -2.30. The van der Waals surface area contributed by atoms with Gasteiger partial charge in [0.2, 0.25) is 0 Å². The van der Waals surface area contributed by atoms with Gasteiger partial charge in [0.05, 0.1) is 0 Å². The second kappa shape index (κ2) is 69.8. The van der Waals surface area contributed by atoms with Crippen molar-refractivity contribution < 1.29 is 28.6 Å². The van der Waals surface area contributed by atoms with Crippen molar-refractivity contribution in [3.05, 3.63) is 146 Å². The van der Waals surface area contributed by atoms with Crippen molar-refractivity contribution in [3.8, 4) is 0 Å². The van der Waals surface area contributed by atoms with E-state index in [-0.39, 0.29) is 31.6 Å². The maximum Gasteiger partial charge on any atom is 0.306 e. The van der Waals surface area contributed by atoms with Gasteiger partial charge in [-0.1, -0.05) is 321 Å². The molecule has 0 aromatic rings. The fourth-order valence-electron chi connectivity index (χ4n) is 9.30. The lowest BCUT2D eigenvalue weighted by atomic mass is 10.0. The molecule has 0 aromatic heterocycles. The van der Waals surface area contributed by atoms with Crippen LogP contribution in [0.15, 0.2) is 146 Å². The second-order valence-corrected chi connectivity index (χ2v) is 22.3. The molecule has 0 rings (SSSR count). The molecule has 0 aliphatic rings. The van der Waals surface area contributed by atoms with Gasteiger partial charge in [-0.15, -0.1) is 0 Å². The van der Waals surface area contributed by atoms with Gasteiger partial charge < -0.3 is 14.2 Å². The third-order valence-electron chi connectivity index (χ3n) is 14.4. The van der Waals surface area contributed by atoms with Crippen LogP contribution in [-0.2, 0) is 28.6 Å². The molecule has 1 unspecified atom stereocenters. The van der Waals surface area contributed by atoms with E-state index in [0.717, 1.165) is 116 Å². The Bertz CT molecular complexity index is 1800. The van der Waals surface area contributed by atoms with Gasteiger partial charge in [-0.25, -0.2) is 0 Å². The van der Waals surface area contributed by atoms with Crippen molar-refractivity contribution >= 4 is 17.9 Å². The van der Waals surface area contributed by atoms with E-state index in [9.17, 15) is 14.4 Å². The predicted molar refractivity (Wildman–Crippen MR) is 362 cm³/mol. The Labute approximate surface area is 512 Å². The molecular weight excluding hydrogens is 1020 g/mol. The molecule has 0 aliphatic heterocycles. The standard InChI is InChI=1S/C77H126O6/c1-4-7-10-13-16-19-22-24-26-28-30-31-32-33-34-35-36-37-38-39-40-41-42-43-44-45-47-48-50-52-55-58-61-64-67-70-76(79)82-73-74(72-81-75(78)69-66-63-60-57-54-21-18-15-12-9-6-3)83-77(80)71-68-65-62-59-56-53-51-49-46-29-27-25-23-20-17-14-11-8-5-2/h7-8,10-11,16-17,19-20,24-27,30-31,33-34,36-37,46,49,53,56,62,65,74H,4-6,9,12-15,18,21-23,28-29,32,35,38-45,47-48,50-52,54-55,57-61,63-64,66-73H2,1-3H3/b10-7-,11-8-,19-16-,20-17-,26-24-,27-25-,31-30-,34-33-,37-36-,49-46-,56-53-,65-62-. The normalized spacial score (nSPS) is 13.0. The number of hydrogen-bond donors (Lipinski definition) is 0. The number of ether oxygens (including phenoxy) is 3. The summed E-state index contributed by atoms with van der Waals surface area (Å²) in [5, 5.41) is 0. The van der Waals surface area contributed by atoms with E-state index in [1.165, 1.54) is 141 Å². The summed E-state index contributed by atoms with van der Waals surface area (Å²) in [6.45, 7) is 6.36. The Morgan fingerprint density at radius 3 is 0.783 bits per heavy atom. The molecule has 0 fully saturated rings. The highest BCUT2D eigenvalue weighted by atomic mass is 16.6. The van der Waals surface area contributed by atoms with Crippen LogP contribution < -0.4 is 0 Å². The lowest BCUT2D eigenvalue weighted by molar-refractivity contribution is -0.166. The van der Waals surface area contributed by atoms with Gasteiger partial charge in [-0.3, -0.25) is 14.4 Å². The number of carbonyl (C=O) groups is 3. The van der Waals surface area contributed by atoms with Crippen LogP contribution in [0, 0.1) is 0 Å². The van der Waals surface area contributed by atoms with Gasteiger partial charge in [0.25, 0.3) is 0 Å². The van der Waals surface area contributed by atoms with E-state index in [1.54, 1.807) is 0 Å². The fraction of sp³-hybridized carbons (Fsp3) is 0.649. The molecule has 83 heavy (non-hydrogen) atoms. The molecule has 0 saturated heterocycles. The summed E-state index contributed by atoms with van der Waals surface area (Å²) in [5.41, 5.74) is 0. The number of rotatable bonds is 61. The molecular formula is C77H126O6. The molecule has 0 spiro atoms. The van der Waals surface area contributed by atoms with Crippen LogP contribution in [0.4, 0.5) is 0 Å². The first-order valence-electron chi connectivity index (χ1n) is 34.3. The third-order valence-corrected chi connectivity index (χ3v) is 14.4. The molecule has 6 heteroatoms. The summed E-state index contributed by atoms with van der Waals surface area (Å²) in [5.74, 6) is -0.989. The Hall–Kier alpha value is -4.71. The quantitative estimate of drug-likeness (QED) is 0.0261. The molecule has 0 bridgehead atoms. The summed E-state index contributed by atoms with van der Waals surface area (Å²) in [6, 6.07) is 0. The highest BCUT2D eigenvalue weighted by molar-refractivity contribution is 5.71. The fourth-order valence-corrected chi connectivity index (χ4v) is 9.30.